The zero-order chi connectivity index (χ0) is 24.0. The number of benzene rings is 1. The first kappa shape index (κ1) is 20.8. The quantitative estimate of drug-likeness (QED) is 0.239. The van der Waals surface area contributed by atoms with E-state index in [1.165, 1.54) is 36.2 Å². The summed E-state index contributed by atoms with van der Waals surface area (Å²) < 4.78 is 9.69. The van der Waals surface area contributed by atoms with Crippen LogP contribution in [0, 0.1) is 10.1 Å². The van der Waals surface area contributed by atoms with Crippen molar-refractivity contribution in [3.63, 3.8) is 0 Å². The van der Waals surface area contributed by atoms with Crippen LogP contribution in [0.25, 0.3) is 28.2 Å². The summed E-state index contributed by atoms with van der Waals surface area (Å²) in [6, 6.07) is 12.1. The number of aromatic nitrogens is 5. The van der Waals surface area contributed by atoms with Gasteiger partial charge in [-0.15, -0.1) is 0 Å². The molecule has 4 heterocycles. The Morgan fingerprint density at radius 3 is 2.50 bits per heavy atom. The number of nitrogens with one attached hydrogen (secondary N) is 1. The minimum atomic E-state index is -0.650. The van der Waals surface area contributed by atoms with E-state index in [9.17, 15) is 19.7 Å². The summed E-state index contributed by atoms with van der Waals surface area (Å²) in [4.78, 5) is 41.7. The average Bonchev–Trinajstić information content (AvgIpc) is 3.51. The van der Waals surface area contributed by atoms with Crippen LogP contribution < -0.4 is 11.2 Å². The highest BCUT2D eigenvalue weighted by molar-refractivity contribution is 5.93. The smallest absolute Gasteiger partial charge is 0.400 e. The van der Waals surface area contributed by atoms with Crippen LogP contribution in [0.5, 0.6) is 0 Å². The minimum Gasteiger partial charge on any atom is -0.400 e. The fourth-order valence-electron chi connectivity index (χ4n) is 3.75. The third-order valence-electron chi connectivity index (χ3n) is 5.29. The van der Waals surface area contributed by atoms with Crippen LogP contribution in [-0.2, 0) is 14.1 Å². The van der Waals surface area contributed by atoms with Crippen molar-refractivity contribution in [2.24, 2.45) is 24.3 Å². The molecule has 0 aliphatic heterocycles. The van der Waals surface area contributed by atoms with Gasteiger partial charge in [-0.25, -0.2) is 4.79 Å². The summed E-state index contributed by atoms with van der Waals surface area (Å²) in [7, 11) is 3.31. The molecule has 0 aliphatic rings. The maximum absolute atomic E-state index is 12.7. The predicted octanol–water partition coefficient (Wildman–Crippen LogP) is 1.83. The van der Waals surface area contributed by atoms with Gasteiger partial charge >= 0.3 is 11.6 Å². The van der Waals surface area contributed by atoms with Gasteiger partial charge in [0.25, 0.3) is 5.56 Å². The first-order valence-electron chi connectivity index (χ1n) is 9.93. The van der Waals surface area contributed by atoms with E-state index in [4.69, 9.17) is 4.42 Å². The molecular weight excluding hydrogens is 444 g/mol. The average molecular weight is 460 g/mol. The molecule has 34 heavy (non-hydrogen) atoms. The Labute approximate surface area is 189 Å². The lowest BCUT2D eigenvalue weighted by Crippen LogP contribution is -2.28. The van der Waals surface area contributed by atoms with E-state index in [1.807, 2.05) is 30.3 Å². The van der Waals surface area contributed by atoms with Gasteiger partial charge in [-0.1, -0.05) is 30.3 Å². The maximum atomic E-state index is 12.7. The molecule has 0 fully saturated rings. The summed E-state index contributed by atoms with van der Waals surface area (Å²) in [5.41, 5.74) is 1.30. The monoisotopic (exact) mass is 460 g/mol. The van der Waals surface area contributed by atoms with Crippen LogP contribution in [0.2, 0.25) is 0 Å². The number of hydrogen-bond acceptors (Lipinski definition) is 8. The molecule has 0 unspecified atom stereocenters. The van der Waals surface area contributed by atoms with Crippen molar-refractivity contribution < 1.29 is 9.34 Å². The van der Waals surface area contributed by atoms with Crippen molar-refractivity contribution in [2.75, 3.05) is 0 Å². The highest BCUT2D eigenvalue weighted by Crippen LogP contribution is 2.28. The van der Waals surface area contributed by atoms with Gasteiger partial charge in [0.2, 0.25) is 5.78 Å². The summed E-state index contributed by atoms with van der Waals surface area (Å²) in [6.07, 6.45) is 2.67. The number of furan rings is 1. The van der Waals surface area contributed by atoms with Crippen LogP contribution in [0.3, 0.4) is 0 Å². The van der Waals surface area contributed by atoms with Crippen molar-refractivity contribution in [3.05, 3.63) is 84.9 Å². The number of H-pyrrole nitrogens is 1. The molecule has 1 aromatic carbocycles. The number of fused-ring (bicyclic) bond motifs is 3. The molecule has 13 heteroatoms. The Balaban J connectivity index is 1.71. The molecule has 0 saturated heterocycles. The second kappa shape index (κ2) is 7.81. The second-order valence-electron chi connectivity index (χ2n) is 7.32. The molecule has 0 atom stereocenters. The van der Waals surface area contributed by atoms with Crippen molar-refractivity contribution in [1.82, 2.24) is 23.5 Å². The number of aromatic amines is 1. The van der Waals surface area contributed by atoms with Crippen molar-refractivity contribution in [3.8, 4) is 11.3 Å². The number of hydrogen-bond donors (Lipinski definition) is 1. The third-order valence-corrected chi connectivity index (χ3v) is 5.29. The maximum Gasteiger partial charge on any atom is 0.433 e. The summed E-state index contributed by atoms with van der Waals surface area (Å²) in [6.45, 7) is 0. The Morgan fingerprint density at radius 1 is 1.06 bits per heavy atom. The zero-order valence-electron chi connectivity index (χ0n) is 17.9. The van der Waals surface area contributed by atoms with Gasteiger partial charge in [-0.2, -0.15) is 15.2 Å². The molecule has 4 aromatic heterocycles. The molecule has 5 aromatic rings. The lowest BCUT2D eigenvalue weighted by Gasteiger charge is -2.05. The molecule has 0 aliphatic carbocycles. The van der Waals surface area contributed by atoms with Gasteiger partial charge in [0.15, 0.2) is 16.9 Å². The van der Waals surface area contributed by atoms with Gasteiger partial charge in [0.1, 0.15) is 4.92 Å². The van der Waals surface area contributed by atoms with Gasteiger partial charge in [-0.3, -0.25) is 28.9 Å². The first-order valence-corrected chi connectivity index (χ1v) is 9.93. The fourth-order valence-corrected chi connectivity index (χ4v) is 3.75. The van der Waals surface area contributed by atoms with Crippen molar-refractivity contribution >= 4 is 35.3 Å². The number of aryl methyl sites for hydroxylation is 2. The van der Waals surface area contributed by atoms with Gasteiger partial charge in [-0.05, 0) is 6.07 Å². The molecule has 0 spiro atoms. The Kier molecular flexibility index (Phi) is 4.78. The van der Waals surface area contributed by atoms with Crippen LogP contribution in [0.4, 0.5) is 5.88 Å². The molecule has 170 valence electrons. The number of nitrogens with zero attached hydrogens (tertiary/aromatic N) is 7. The van der Waals surface area contributed by atoms with E-state index in [0.29, 0.717) is 17.2 Å². The molecule has 1 N–H and O–H groups in total. The van der Waals surface area contributed by atoms with E-state index in [-0.39, 0.29) is 16.9 Å². The topological polar surface area (TPSA) is 158 Å². The Hall–Kier alpha value is -5.07. The lowest BCUT2D eigenvalue weighted by atomic mass is 10.1. The molecule has 5 rings (SSSR count). The molecular formula is C21H16N8O5. The molecule has 0 saturated carbocycles. The molecule has 13 nitrogen and oxygen atoms in total. The SMILES string of the molecule is Cn1c(-c2ccccc2)c(C=NN=Cc2ccc([N+](=O)[O-])o2)n2c3c(=O)[nH]c(=O)n(C)c3nc12. The Bertz CT molecular complexity index is 1750. The highest BCUT2D eigenvalue weighted by Gasteiger charge is 2.23. The van der Waals surface area contributed by atoms with Gasteiger partial charge < -0.3 is 8.98 Å². The normalized spacial score (nSPS) is 12.1. The number of imidazole rings is 2. The molecule has 0 amide bonds. The first-order chi connectivity index (χ1) is 16.4. The van der Waals surface area contributed by atoms with E-state index >= 15 is 0 Å². The zero-order valence-corrected chi connectivity index (χ0v) is 17.9. The van der Waals surface area contributed by atoms with Crippen LogP contribution in [0.15, 0.2) is 66.7 Å². The highest BCUT2D eigenvalue weighted by atomic mass is 16.6. The van der Waals surface area contributed by atoms with Crippen LogP contribution >= 0.6 is 0 Å². The van der Waals surface area contributed by atoms with E-state index in [1.54, 1.807) is 16.0 Å². The standard InChI is InChI=1S/C21H16N8O5/c1-26-16(12-6-4-3-5-7-12)14(11-23-22-10-13-8-9-15(34-13)29(32)33)28-17-18(24-20(26)28)27(2)21(31)25-19(17)30/h3-11H,1-2H3,(H,25,30,31). The summed E-state index contributed by atoms with van der Waals surface area (Å²) >= 11 is 0. The molecule has 0 radical (unpaired) electrons. The lowest BCUT2D eigenvalue weighted by molar-refractivity contribution is -0.402. The van der Waals surface area contributed by atoms with E-state index in [0.717, 1.165) is 5.56 Å². The van der Waals surface area contributed by atoms with E-state index < -0.39 is 22.1 Å². The van der Waals surface area contributed by atoms with Gasteiger partial charge in [0.05, 0.1) is 29.9 Å². The summed E-state index contributed by atoms with van der Waals surface area (Å²) in [5.74, 6) is 0.175. The number of rotatable bonds is 5. The van der Waals surface area contributed by atoms with Crippen LogP contribution in [-0.4, -0.2) is 40.9 Å². The van der Waals surface area contributed by atoms with E-state index in [2.05, 4.69) is 20.2 Å². The van der Waals surface area contributed by atoms with Crippen molar-refractivity contribution in [1.29, 1.82) is 0 Å². The minimum absolute atomic E-state index is 0.157. The van der Waals surface area contributed by atoms with Gasteiger partial charge in [0, 0.05) is 19.7 Å². The number of nitro groups is 1. The van der Waals surface area contributed by atoms with Crippen molar-refractivity contribution in [2.45, 2.75) is 0 Å². The largest absolute Gasteiger partial charge is 0.433 e. The predicted molar refractivity (Wildman–Crippen MR) is 124 cm³/mol. The summed E-state index contributed by atoms with van der Waals surface area (Å²) in [5, 5.41) is 18.8. The fraction of sp³-hybridized carbons (Fsp3) is 0.0952. The van der Waals surface area contributed by atoms with Crippen LogP contribution in [0.1, 0.15) is 11.5 Å². The molecule has 0 bridgehead atoms. The third kappa shape index (κ3) is 3.23. The Morgan fingerprint density at radius 2 is 1.79 bits per heavy atom. The second-order valence-corrected chi connectivity index (χ2v) is 7.32.